The first-order valence-electron chi connectivity index (χ1n) is 6.07. The van der Waals surface area contributed by atoms with E-state index < -0.39 is 0 Å². The first kappa shape index (κ1) is 13.0. The molecule has 1 aromatic rings. The van der Waals surface area contributed by atoms with Crippen molar-refractivity contribution in [2.75, 3.05) is 11.5 Å². The summed E-state index contributed by atoms with van der Waals surface area (Å²) < 4.78 is 0. The van der Waals surface area contributed by atoms with Gasteiger partial charge in [-0.25, -0.2) is 0 Å². The Labute approximate surface area is 112 Å². The van der Waals surface area contributed by atoms with Gasteiger partial charge in [0, 0.05) is 22.3 Å². The highest BCUT2D eigenvalue weighted by Gasteiger charge is 2.31. The van der Waals surface area contributed by atoms with Crippen molar-refractivity contribution in [3.8, 4) is 0 Å². The molecule has 0 saturated carbocycles. The van der Waals surface area contributed by atoms with Crippen molar-refractivity contribution in [1.82, 2.24) is 0 Å². The topological polar surface area (TPSA) is 17.1 Å². The van der Waals surface area contributed by atoms with Gasteiger partial charge in [0.15, 0.2) is 5.78 Å². The Morgan fingerprint density at radius 3 is 2.71 bits per heavy atom. The van der Waals surface area contributed by atoms with Crippen LogP contribution in [0, 0.1) is 6.92 Å². The molecular formula is C14H18OS2. The number of aryl methyl sites for hydroxylation is 1. The van der Waals surface area contributed by atoms with Crippen LogP contribution in [0.15, 0.2) is 24.3 Å². The quantitative estimate of drug-likeness (QED) is 0.775. The Balaban J connectivity index is 2.21. The van der Waals surface area contributed by atoms with Crippen molar-refractivity contribution in [1.29, 1.82) is 0 Å². The van der Waals surface area contributed by atoms with Crippen LogP contribution in [0.1, 0.15) is 29.3 Å². The van der Waals surface area contributed by atoms with Gasteiger partial charge in [0.1, 0.15) is 0 Å². The molecular weight excluding hydrogens is 248 g/mol. The predicted molar refractivity (Wildman–Crippen MR) is 78.3 cm³/mol. The number of carbonyl (C=O) groups excluding carboxylic acids is 1. The number of hydrogen-bond donors (Lipinski definition) is 0. The van der Waals surface area contributed by atoms with E-state index >= 15 is 0 Å². The summed E-state index contributed by atoms with van der Waals surface area (Å²) in [6.07, 6.45) is 1.08. The van der Waals surface area contributed by atoms with Gasteiger partial charge in [-0.15, -0.1) is 11.8 Å². The second kappa shape index (κ2) is 5.96. The molecule has 1 aliphatic rings. The van der Waals surface area contributed by atoms with Gasteiger partial charge in [-0.3, -0.25) is 4.79 Å². The van der Waals surface area contributed by atoms with Crippen LogP contribution in [0.4, 0.5) is 0 Å². The molecule has 0 spiro atoms. The molecule has 2 unspecified atom stereocenters. The lowest BCUT2D eigenvalue weighted by atomic mass is 10.0. The van der Waals surface area contributed by atoms with Crippen molar-refractivity contribution in [2.45, 2.75) is 30.8 Å². The molecule has 0 N–H and O–H groups in total. The van der Waals surface area contributed by atoms with Crippen molar-refractivity contribution in [3.63, 3.8) is 0 Å². The molecule has 0 amide bonds. The summed E-state index contributed by atoms with van der Waals surface area (Å²) in [5, 5.41) is 0.640. The van der Waals surface area contributed by atoms with Gasteiger partial charge in [-0.2, -0.15) is 11.8 Å². The maximum absolute atomic E-state index is 12.6. The number of ketones is 1. The number of thioether (sulfide) groups is 2. The van der Waals surface area contributed by atoms with Crippen LogP contribution in [0.3, 0.4) is 0 Å². The largest absolute Gasteiger partial charge is 0.293 e. The summed E-state index contributed by atoms with van der Waals surface area (Å²) in [6, 6.07) is 7.94. The van der Waals surface area contributed by atoms with Crippen LogP contribution >= 0.6 is 23.5 Å². The van der Waals surface area contributed by atoms with E-state index in [0.717, 1.165) is 23.3 Å². The Bertz CT molecular complexity index is 403. The first-order chi connectivity index (χ1) is 8.24. The van der Waals surface area contributed by atoms with E-state index in [-0.39, 0.29) is 5.25 Å². The Hall–Kier alpha value is -0.410. The molecule has 0 aliphatic carbocycles. The van der Waals surface area contributed by atoms with Crippen LogP contribution < -0.4 is 0 Å². The van der Waals surface area contributed by atoms with Gasteiger partial charge in [0.2, 0.25) is 0 Å². The normalized spacial score (nSPS) is 24.6. The molecule has 0 bridgehead atoms. The average molecular weight is 266 g/mol. The van der Waals surface area contributed by atoms with Crippen molar-refractivity contribution in [3.05, 3.63) is 35.4 Å². The highest BCUT2D eigenvalue weighted by atomic mass is 32.2. The average Bonchev–Trinajstić information content (AvgIpc) is 2.38. The molecule has 1 nitrogen and oxygen atoms in total. The fourth-order valence-corrected chi connectivity index (χ4v) is 5.17. The molecule has 1 aliphatic heterocycles. The smallest absolute Gasteiger partial charge is 0.177 e. The van der Waals surface area contributed by atoms with E-state index in [4.69, 9.17) is 0 Å². The standard InChI is InChI=1S/C14H18OS2/c1-3-12-14(17-9-8-16-12)13(15)11-7-5-4-6-10(11)2/h4-7,12,14H,3,8-9H2,1-2H3. The van der Waals surface area contributed by atoms with E-state index in [2.05, 4.69) is 6.92 Å². The van der Waals surface area contributed by atoms with E-state index in [9.17, 15) is 4.79 Å². The van der Waals surface area contributed by atoms with E-state index in [1.54, 1.807) is 0 Å². The minimum Gasteiger partial charge on any atom is -0.293 e. The summed E-state index contributed by atoms with van der Waals surface area (Å²) in [5.41, 5.74) is 2.01. The molecule has 1 saturated heterocycles. The lowest BCUT2D eigenvalue weighted by Gasteiger charge is -2.29. The second-order valence-electron chi connectivity index (χ2n) is 4.29. The van der Waals surface area contributed by atoms with E-state index in [1.807, 2.05) is 54.7 Å². The van der Waals surface area contributed by atoms with Gasteiger partial charge in [-0.05, 0) is 18.9 Å². The highest BCUT2D eigenvalue weighted by Crippen LogP contribution is 2.35. The fourth-order valence-electron chi connectivity index (χ4n) is 2.15. The van der Waals surface area contributed by atoms with E-state index in [1.165, 1.54) is 5.75 Å². The van der Waals surface area contributed by atoms with Gasteiger partial charge < -0.3 is 0 Å². The maximum atomic E-state index is 12.6. The number of benzene rings is 1. The van der Waals surface area contributed by atoms with Gasteiger partial charge >= 0.3 is 0 Å². The molecule has 92 valence electrons. The van der Waals surface area contributed by atoms with Crippen LogP contribution in [0.2, 0.25) is 0 Å². The monoisotopic (exact) mass is 266 g/mol. The van der Waals surface area contributed by atoms with Crippen LogP contribution in [-0.4, -0.2) is 27.8 Å². The lowest BCUT2D eigenvalue weighted by molar-refractivity contribution is 0.0987. The van der Waals surface area contributed by atoms with Crippen LogP contribution in [0.25, 0.3) is 0 Å². The summed E-state index contributed by atoms with van der Waals surface area (Å²) in [7, 11) is 0. The molecule has 0 radical (unpaired) electrons. The first-order valence-corrected chi connectivity index (χ1v) is 8.17. The Morgan fingerprint density at radius 1 is 1.29 bits per heavy atom. The third-order valence-corrected chi connectivity index (χ3v) is 6.37. The summed E-state index contributed by atoms with van der Waals surface area (Å²) in [4.78, 5) is 12.6. The zero-order valence-corrected chi connectivity index (χ0v) is 11.9. The zero-order valence-electron chi connectivity index (χ0n) is 10.3. The second-order valence-corrected chi connectivity index (χ2v) is 6.88. The van der Waals surface area contributed by atoms with E-state index in [0.29, 0.717) is 11.0 Å². The van der Waals surface area contributed by atoms with Gasteiger partial charge in [-0.1, -0.05) is 31.2 Å². The molecule has 1 aromatic carbocycles. The maximum Gasteiger partial charge on any atom is 0.177 e. The van der Waals surface area contributed by atoms with Gasteiger partial charge in [0.05, 0.1) is 5.25 Å². The summed E-state index contributed by atoms with van der Waals surface area (Å²) >= 11 is 3.80. The minimum atomic E-state index is 0.153. The molecule has 17 heavy (non-hydrogen) atoms. The number of Topliss-reactive ketones (excluding diaryl/α,β-unsaturated/α-hetero) is 1. The molecule has 0 aromatic heterocycles. The Kier molecular flexibility index (Phi) is 4.57. The van der Waals surface area contributed by atoms with Crippen molar-refractivity contribution >= 4 is 29.3 Å². The number of carbonyl (C=O) groups is 1. The molecule has 2 atom stereocenters. The van der Waals surface area contributed by atoms with Crippen molar-refractivity contribution < 1.29 is 4.79 Å². The van der Waals surface area contributed by atoms with Crippen molar-refractivity contribution in [2.24, 2.45) is 0 Å². The minimum absolute atomic E-state index is 0.153. The molecule has 2 rings (SSSR count). The number of rotatable bonds is 3. The predicted octanol–water partition coefficient (Wildman–Crippen LogP) is 3.80. The lowest BCUT2D eigenvalue weighted by Crippen LogP contribution is -2.33. The van der Waals surface area contributed by atoms with Crippen LogP contribution in [-0.2, 0) is 0 Å². The third-order valence-electron chi connectivity index (χ3n) is 3.12. The molecule has 1 heterocycles. The highest BCUT2D eigenvalue weighted by molar-refractivity contribution is 8.07. The molecule has 1 fully saturated rings. The summed E-state index contributed by atoms with van der Waals surface area (Å²) in [5.74, 6) is 2.61. The zero-order chi connectivity index (χ0) is 12.3. The molecule has 3 heteroatoms. The SMILES string of the molecule is CCC1SCCSC1C(=O)c1ccccc1C. The Morgan fingerprint density at radius 2 is 2.00 bits per heavy atom. The third kappa shape index (κ3) is 2.89. The fraction of sp³-hybridized carbons (Fsp3) is 0.500. The summed E-state index contributed by atoms with van der Waals surface area (Å²) in [6.45, 7) is 4.20. The van der Waals surface area contributed by atoms with Crippen LogP contribution in [0.5, 0.6) is 0 Å². The van der Waals surface area contributed by atoms with Gasteiger partial charge in [0.25, 0.3) is 0 Å². The number of hydrogen-bond acceptors (Lipinski definition) is 3.